The summed E-state index contributed by atoms with van der Waals surface area (Å²) < 4.78 is 51.1. The molecule has 0 saturated carbocycles. The molecule has 8 bridgehead atoms. The highest BCUT2D eigenvalue weighted by molar-refractivity contribution is 5.74. The molecule has 4 aromatic carbocycles. The maximum absolute atomic E-state index is 12.9. The topological polar surface area (TPSA) is 372 Å². The van der Waals surface area contributed by atoms with Crippen LogP contribution in [0.4, 0.5) is 0 Å². The fourth-order valence-corrected chi connectivity index (χ4v) is 15.2. The number of hydrogen-bond donors (Lipinski definition) is 8. The number of unbranched alkanes of at least 4 members (excludes halogenated alkanes) is 32. The zero-order valence-corrected chi connectivity index (χ0v) is 67.0. The first-order chi connectivity index (χ1) is 54.1. The van der Waals surface area contributed by atoms with E-state index in [2.05, 4.69) is 27.7 Å². The van der Waals surface area contributed by atoms with E-state index >= 15 is 0 Å². The van der Waals surface area contributed by atoms with Gasteiger partial charge in [-0.1, -0.05) is 259 Å². The van der Waals surface area contributed by atoms with Crippen LogP contribution in [0.25, 0.3) is 0 Å². The van der Waals surface area contributed by atoms with Crippen LogP contribution in [-0.4, -0.2) is 141 Å². The molecule has 5 rings (SSSR count). The van der Waals surface area contributed by atoms with Crippen molar-refractivity contribution >= 4 is 47.8 Å². The molecule has 0 aliphatic heterocycles. The number of hydrogen-bond acceptors (Lipinski definition) is 16. The van der Waals surface area contributed by atoms with Gasteiger partial charge in [0.2, 0.25) is 0 Å². The Bertz CT molecular complexity index is 2910. The summed E-state index contributed by atoms with van der Waals surface area (Å²) in [5, 5.41) is 84.2. The molecule has 1 aliphatic rings. The number of carbonyl (C=O) groups is 8. The number of fused-ring (bicyclic) bond motifs is 8. The van der Waals surface area contributed by atoms with E-state index in [9.17, 15) is 79.2 Å². The van der Waals surface area contributed by atoms with Gasteiger partial charge in [-0.05, 0) is 49.9 Å². The standard InChI is InChI=1S/C88H128O24/c1-5-9-13-17-21-25-29-33-37-41-61-65-45-67(75(107-55-83(93)94)49-73(65)105-53-81(89)90)62(42-38-34-30-26-22-18-14-10-6-2)69-47-71(79(111-59-87(101)102)51-77(69)109-57-85(97)98)64(44-40-36-32-28-24-20-16-12-8-4)72-48-70(78(110-58-86(99)100)52-80(72)112-60-88(103)104)63(43-39-35-31-27-23-19-15-11-7-3)68-46-66(61)74(106-54-82(91)92)50-76(68)108-56-84(95)96/h45-52,61-64H,5-44,53-60H2,1-4H3,(H,89,90)(H,91,92)(H,93,94)(H,95,96)(H,97,98)(H,99,100)(H,101,102)(H,103,104). The van der Waals surface area contributed by atoms with Gasteiger partial charge in [-0.15, -0.1) is 0 Å². The largest absolute Gasteiger partial charge is 0.481 e. The van der Waals surface area contributed by atoms with Crippen molar-refractivity contribution in [3.05, 3.63) is 93.0 Å². The average Bonchev–Trinajstić information content (AvgIpc) is 0.746. The quantitative estimate of drug-likeness (QED) is 0.0190. The molecule has 0 radical (unpaired) electrons. The predicted molar refractivity (Wildman–Crippen MR) is 426 cm³/mol. The van der Waals surface area contributed by atoms with Crippen molar-refractivity contribution in [2.24, 2.45) is 0 Å². The second kappa shape index (κ2) is 53.9. The summed E-state index contributed by atoms with van der Waals surface area (Å²) in [6, 6.07) is 12.7. The predicted octanol–water partition coefficient (Wildman–Crippen LogP) is 19.9. The van der Waals surface area contributed by atoms with Gasteiger partial charge in [-0.3, -0.25) is 0 Å². The normalized spacial score (nSPS) is 14.4. The summed E-state index contributed by atoms with van der Waals surface area (Å²) in [4.78, 5) is 103. The van der Waals surface area contributed by atoms with Crippen molar-refractivity contribution in [3.8, 4) is 46.0 Å². The molecule has 0 fully saturated rings. The Balaban J connectivity index is 2.20. The van der Waals surface area contributed by atoms with Gasteiger partial charge in [0, 0.05) is 92.4 Å². The van der Waals surface area contributed by atoms with Crippen LogP contribution >= 0.6 is 0 Å². The van der Waals surface area contributed by atoms with Crippen molar-refractivity contribution < 1.29 is 117 Å². The Kier molecular flexibility index (Phi) is 45.1. The van der Waals surface area contributed by atoms with Crippen molar-refractivity contribution in [3.63, 3.8) is 0 Å². The second-order valence-electron chi connectivity index (χ2n) is 29.8. The Morgan fingerprint density at radius 1 is 0.196 bits per heavy atom. The fraction of sp³-hybridized carbons (Fsp3) is 0.636. The summed E-state index contributed by atoms with van der Waals surface area (Å²) in [5.74, 6) is -15.6. The summed E-state index contributed by atoms with van der Waals surface area (Å²) in [5.41, 5.74) is 2.40. The van der Waals surface area contributed by atoms with Gasteiger partial charge in [0.1, 0.15) is 46.0 Å². The monoisotopic (exact) mass is 1570 g/mol. The van der Waals surface area contributed by atoms with Crippen LogP contribution in [0.2, 0.25) is 0 Å². The molecule has 8 N–H and O–H groups in total. The molecule has 624 valence electrons. The minimum Gasteiger partial charge on any atom is -0.481 e. The van der Waals surface area contributed by atoms with Gasteiger partial charge < -0.3 is 78.7 Å². The summed E-state index contributed by atoms with van der Waals surface area (Å²) >= 11 is 0. The van der Waals surface area contributed by atoms with Crippen LogP contribution in [0.1, 0.15) is 353 Å². The molecule has 112 heavy (non-hydrogen) atoms. The molecule has 1 aliphatic carbocycles. The van der Waals surface area contributed by atoms with Crippen molar-refractivity contribution in [2.45, 2.75) is 308 Å². The van der Waals surface area contributed by atoms with Crippen LogP contribution in [0.5, 0.6) is 46.0 Å². The zero-order chi connectivity index (χ0) is 81.4. The highest BCUT2D eigenvalue weighted by Crippen LogP contribution is 2.54. The van der Waals surface area contributed by atoms with E-state index < -0.39 is 124 Å². The third-order valence-corrected chi connectivity index (χ3v) is 20.8. The van der Waals surface area contributed by atoms with Crippen LogP contribution in [-0.2, 0) is 38.4 Å². The highest BCUT2D eigenvalue weighted by Gasteiger charge is 2.37. The minimum absolute atomic E-state index is 0.0778. The number of rotatable bonds is 64. The second-order valence-corrected chi connectivity index (χ2v) is 29.8. The van der Waals surface area contributed by atoms with Crippen LogP contribution < -0.4 is 37.9 Å². The lowest BCUT2D eigenvalue weighted by Crippen LogP contribution is -2.20. The van der Waals surface area contributed by atoms with Crippen LogP contribution in [0, 0.1) is 0 Å². The number of benzene rings is 4. The average molecular weight is 1570 g/mol. The smallest absolute Gasteiger partial charge is 0.341 e. The molecule has 0 aromatic heterocycles. The van der Waals surface area contributed by atoms with E-state index in [0.29, 0.717) is 95.9 Å². The zero-order valence-electron chi connectivity index (χ0n) is 67.0. The van der Waals surface area contributed by atoms with E-state index in [1.165, 1.54) is 24.3 Å². The van der Waals surface area contributed by atoms with Gasteiger partial charge >= 0.3 is 47.8 Å². The Labute approximate surface area is 662 Å². The lowest BCUT2D eigenvalue weighted by Gasteiger charge is -2.32. The Morgan fingerprint density at radius 3 is 0.429 bits per heavy atom. The van der Waals surface area contributed by atoms with Crippen molar-refractivity contribution in [1.29, 1.82) is 0 Å². The molecule has 0 atom stereocenters. The minimum atomic E-state index is -1.38. The maximum atomic E-state index is 12.9. The van der Waals surface area contributed by atoms with Gasteiger partial charge in [0.05, 0.1) is 0 Å². The molecular formula is C88H128O24. The van der Waals surface area contributed by atoms with Crippen molar-refractivity contribution in [2.75, 3.05) is 52.9 Å². The van der Waals surface area contributed by atoms with Crippen LogP contribution in [0.3, 0.4) is 0 Å². The molecule has 24 nitrogen and oxygen atoms in total. The molecule has 4 aromatic rings. The van der Waals surface area contributed by atoms with E-state index in [0.717, 1.165) is 180 Å². The highest BCUT2D eigenvalue weighted by atomic mass is 16.5. The van der Waals surface area contributed by atoms with E-state index in [4.69, 9.17) is 37.9 Å². The lowest BCUT2D eigenvalue weighted by molar-refractivity contribution is -0.140. The molecule has 24 heteroatoms. The first-order valence-corrected chi connectivity index (χ1v) is 41.6. The number of carboxylic acid groups (broad SMARTS) is 8. The molecular weight excluding hydrogens is 1440 g/mol. The first kappa shape index (κ1) is 93.6. The summed E-state index contributed by atoms with van der Waals surface area (Å²) in [6.45, 7) is 1.25. The molecule has 0 heterocycles. The maximum Gasteiger partial charge on any atom is 0.341 e. The number of ether oxygens (including phenoxy) is 8. The summed E-state index contributed by atoms with van der Waals surface area (Å²) in [6.07, 6.45) is 33.7. The van der Waals surface area contributed by atoms with E-state index in [-0.39, 0.29) is 71.7 Å². The lowest BCUT2D eigenvalue weighted by atomic mass is 9.76. The van der Waals surface area contributed by atoms with Gasteiger partial charge in [-0.25, -0.2) is 38.4 Å². The van der Waals surface area contributed by atoms with Crippen LogP contribution in [0.15, 0.2) is 48.5 Å². The van der Waals surface area contributed by atoms with Crippen molar-refractivity contribution in [1.82, 2.24) is 0 Å². The van der Waals surface area contributed by atoms with Gasteiger partial charge in [0.25, 0.3) is 0 Å². The van der Waals surface area contributed by atoms with Gasteiger partial charge in [0.15, 0.2) is 52.9 Å². The fourth-order valence-electron chi connectivity index (χ4n) is 15.2. The Morgan fingerprint density at radius 2 is 0.312 bits per heavy atom. The first-order valence-electron chi connectivity index (χ1n) is 41.6. The molecule has 0 unspecified atom stereocenters. The molecule has 0 amide bonds. The van der Waals surface area contributed by atoms with Gasteiger partial charge in [-0.2, -0.15) is 0 Å². The number of carboxylic acids is 8. The van der Waals surface area contributed by atoms with E-state index in [1.807, 2.05) is 0 Å². The third kappa shape index (κ3) is 34.6. The van der Waals surface area contributed by atoms with E-state index in [1.54, 1.807) is 24.3 Å². The SMILES string of the molecule is CCCCCCCCCCCC1c2cc(c(OCC(=O)O)cc2OCC(=O)O)C(CCCCCCCCCCC)c2cc(c(OCC(=O)O)cc2OCC(=O)O)C(CCCCCCCCCCC)c2cc(c(OCC(=O)O)cc2OCC(=O)O)C(CCCCCCCCCCC)c2cc1c(OCC(=O)O)cc2OCC(=O)O. The third-order valence-electron chi connectivity index (χ3n) is 20.8. The number of aliphatic carboxylic acids is 8. The molecule has 0 spiro atoms. The summed E-state index contributed by atoms with van der Waals surface area (Å²) in [7, 11) is 0. The molecule has 0 saturated heterocycles. The Hall–Kier alpha value is -8.96.